The molecule has 0 aliphatic carbocycles. The van der Waals surface area contributed by atoms with Gasteiger partial charge in [-0.3, -0.25) is 4.79 Å². The van der Waals surface area contributed by atoms with E-state index in [2.05, 4.69) is 20.3 Å². The number of hydrogen-bond donors (Lipinski definition) is 1. The van der Waals surface area contributed by atoms with Gasteiger partial charge in [0.2, 0.25) is 0 Å². The van der Waals surface area contributed by atoms with E-state index in [0.29, 0.717) is 45.1 Å². The van der Waals surface area contributed by atoms with Gasteiger partial charge in [0.05, 0.1) is 26.4 Å². The number of aromatic nitrogens is 2. The largest absolute Gasteiger partial charge is 0.377 e. The Kier molecular flexibility index (Phi) is 3.68. The van der Waals surface area contributed by atoms with Gasteiger partial charge in [-0.15, -0.1) is 0 Å². The summed E-state index contributed by atoms with van der Waals surface area (Å²) in [6, 6.07) is 0. The lowest BCUT2D eigenvalue weighted by atomic mass is 10.0. The van der Waals surface area contributed by atoms with Crippen LogP contribution in [-0.4, -0.2) is 72.7 Å². The summed E-state index contributed by atoms with van der Waals surface area (Å²) in [5.41, 5.74) is 0.297. The van der Waals surface area contributed by atoms with E-state index >= 15 is 0 Å². The van der Waals surface area contributed by atoms with E-state index in [9.17, 15) is 4.79 Å². The van der Waals surface area contributed by atoms with Crippen molar-refractivity contribution in [2.24, 2.45) is 0 Å². The van der Waals surface area contributed by atoms with E-state index in [-0.39, 0.29) is 11.6 Å². The predicted octanol–water partition coefficient (Wildman–Crippen LogP) is -0.791. The molecule has 2 aliphatic heterocycles. The van der Waals surface area contributed by atoms with E-state index in [1.807, 2.05) is 0 Å². The average Bonchev–Trinajstić information content (AvgIpc) is 2.76. The standard InChI is InChI=1S/C12H18N4O4/c1-9-10(15-20-14-9)11(17)16-3-5-19-12(7-16)6-13-2-4-18-8-12/h13H,2-8H2,1H3/t12-/m1/s1. The van der Waals surface area contributed by atoms with Crippen molar-refractivity contribution in [3.63, 3.8) is 0 Å². The van der Waals surface area contributed by atoms with Gasteiger partial charge >= 0.3 is 0 Å². The van der Waals surface area contributed by atoms with Crippen molar-refractivity contribution < 1.29 is 18.9 Å². The van der Waals surface area contributed by atoms with Gasteiger partial charge in [0.25, 0.3) is 5.91 Å². The SMILES string of the molecule is Cc1nonc1C(=O)N1CCO[C@]2(CNCCOC2)C1. The zero-order chi connectivity index (χ0) is 14.0. The molecule has 2 fully saturated rings. The van der Waals surface area contributed by atoms with E-state index in [1.54, 1.807) is 11.8 Å². The molecule has 3 heterocycles. The number of carbonyl (C=O) groups is 1. The first-order valence-corrected chi connectivity index (χ1v) is 6.71. The summed E-state index contributed by atoms with van der Waals surface area (Å²) < 4.78 is 16.0. The molecular formula is C12H18N4O4. The van der Waals surface area contributed by atoms with Crippen LogP contribution in [0.3, 0.4) is 0 Å². The van der Waals surface area contributed by atoms with E-state index < -0.39 is 5.60 Å². The number of morpholine rings is 1. The molecule has 8 nitrogen and oxygen atoms in total. The molecule has 3 rings (SSSR count). The van der Waals surface area contributed by atoms with Gasteiger partial charge < -0.3 is 19.7 Å². The number of amides is 1. The number of carbonyl (C=O) groups excluding carboxylic acids is 1. The van der Waals surface area contributed by atoms with Crippen LogP contribution in [0.15, 0.2) is 4.63 Å². The Morgan fingerprint density at radius 2 is 2.30 bits per heavy atom. The van der Waals surface area contributed by atoms with Crippen molar-refractivity contribution in [2.45, 2.75) is 12.5 Å². The molecule has 2 saturated heterocycles. The summed E-state index contributed by atoms with van der Waals surface area (Å²) in [5, 5.41) is 10.6. The average molecular weight is 282 g/mol. The van der Waals surface area contributed by atoms with E-state index in [1.165, 1.54) is 0 Å². The molecule has 8 heteroatoms. The van der Waals surface area contributed by atoms with Gasteiger partial charge in [-0.25, -0.2) is 4.63 Å². The minimum atomic E-state index is -0.477. The number of nitrogens with one attached hydrogen (secondary N) is 1. The summed E-state index contributed by atoms with van der Waals surface area (Å²) in [6.45, 7) is 5.82. The van der Waals surface area contributed by atoms with Crippen LogP contribution in [0.1, 0.15) is 16.2 Å². The molecule has 0 saturated carbocycles. The lowest BCUT2D eigenvalue weighted by molar-refractivity contribution is -0.125. The molecule has 20 heavy (non-hydrogen) atoms. The summed E-state index contributed by atoms with van der Waals surface area (Å²) in [5.74, 6) is -0.171. The first kappa shape index (κ1) is 13.5. The lowest BCUT2D eigenvalue weighted by Gasteiger charge is -2.41. The predicted molar refractivity (Wildman–Crippen MR) is 67.3 cm³/mol. The fourth-order valence-electron chi connectivity index (χ4n) is 2.56. The van der Waals surface area contributed by atoms with Gasteiger partial charge in [0, 0.05) is 19.6 Å². The Hall–Kier alpha value is -1.51. The van der Waals surface area contributed by atoms with Crippen LogP contribution >= 0.6 is 0 Å². The first-order valence-electron chi connectivity index (χ1n) is 6.71. The third-order valence-corrected chi connectivity index (χ3v) is 3.63. The maximum Gasteiger partial charge on any atom is 0.278 e. The van der Waals surface area contributed by atoms with Crippen LogP contribution < -0.4 is 5.32 Å². The zero-order valence-electron chi connectivity index (χ0n) is 11.4. The molecule has 1 spiro atoms. The summed E-state index contributed by atoms with van der Waals surface area (Å²) in [7, 11) is 0. The van der Waals surface area contributed by atoms with Crippen molar-refractivity contribution in [1.82, 2.24) is 20.5 Å². The van der Waals surface area contributed by atoms with Crippen LogP contribution in [0.5, 0.6) is 0 Å². The maximum atomic E-state index is 12.4. The number of nitrogens with zero attached hydrogens (tertiary/aromatic N) is 3. The Bertz CT molecular complexity index is 482. The van der Waals surface area contributed by atoms with Crippen LogP contribution in [0, 0.1) is 6.92 Å². The quantitative estimate of drug-likeness (QED) is 0.722. The Balaban J connectivity index is 1.74. The van der Waals surface area contributed by atoms with Gasteiger partial charge in [-0.2, -0.15) is 0 Å². The van der Waals surface area contributed by atoms with Crippen LogP contribution in [-0.2, 0) is 9.47 Å². The van der Waals surface area contributed by atoms with E-state index in [0.717, 1.165) is 6.54 Å². The third-order valence-electron chi connectivity index (χ3n) is 3.63. The molecule has 0 aromatic carbocycles. The second kappa shape index (κ2) is 5.47. The molecule has 0 bridgehead atoms. The van der Waals surface area contributed by atoms with Crippen molar-refractivity contribution >= 4 is 5.91 Å². The molecule has 1 aromatic rings. The monoisotopic (exact) mass is 282 g/mol. The Morgan fingerprint density at radius 3 is 3.10 bits per heavy atom. The normalized spacial score (nSPS) is 27.6. The van der Waals surface area contributed by atoms with Crippen LogP contribution in [0.25, 0.3) is 0 Å². The molecule has 0 unspecified atom stereocenters. The van der Waals surface area contributed by atoms with E-state index in [4.69, 9.17) is 9.47 Å². The molecule has 1 amide bonds. The van der Waals surface area contributed by atoms with Crippen molar-refractivity contribution in [3.8, 4) is 0 Å². The third kappa shape index (κ3) is 2.54. The Morgan fingerprint density at radius 1 is 1.40 bits per heavy atom. The topological polar surface area (TPSA) is 89.7 Å². The highest BCUT2D eigenvalue weighted by molar-refractivity contribution is 5.93. The molecule has 1 N–H and O–H groups in total. The number of rotatable bonds is 1. The second-order valence-electron chi connectivity index (χ2n) is 5.19. The summed E-state index contributed by atoms with van der Waals surface area (Å²) in [4.78, 5) is 14.2. The maximum absolute atomic E-state index is 12.4. The highest BCUT2D eigenvalue weighted by Crippen LogP contribution is 2.21. The fourth-order valence-corrected chi connectivity index (χ4v) is 2.56. The smallest absolute Gasteiger partial charge is 0.278 e. The first-order chi connectivity index (χ1) is 9.70. The number of ether oxygens (including phenoxy) is 2. The van der Waals surface area contributed by atoms with Crippen molar-refractivity contribution in [3.05, 3.63) is 11.4 Å². The molecule has 0 radical (unpaired) electrons. The minimum absolute atomic E-state index is 0.171. The van der Waals surface area contributed by atoms with Gasteiger partial charge in [0.1, 0.15) is 11.3 Å². The second-order valence-corrected chi connectivity index (χ2v) is 5.19. The van der Waals surface area contributed by atoms with Crippen molar-refractivity contribution in [2.75, 3.05) is 46.0 Å². The minimum Gasteiger partial charge on any atom is -0.377 e. The summed E-state index contributed by atoms with van der Waals surface area (Å²) >= 11 is 0. The number of hydrogen-bond acceptors (Lipinski definition) is 7. The van der Waals surface area contributed by atoms with Crippen LogP contribution in [0.2, 0.25) is 0 Å². The highest BCUT2D eigenvalue weighted by Gasteiger charge is 2.40. The zero-order valence-corrected chi connectivity index (χ0v) is 11.4. The molecule has 1 aromatic heterocycles. The van der Waals surface area contributed by atoms with Gasteiger partial charge in [0.15, 0.2) is 5.69 Å². The molecule has 2 aliphatic rings. The molecule has 1 atom stereocenters. The molecule has 110 valence electrons. The fraction of sp³-hybridized carbons (Fsp3) is 0.750. The lowest BCUT2D eigenvalue weighted by Crippen LogP contribution is -2.59. The summed E-state index contributed by atoms with van der Waals surface area (Å²) in [6.07, 6.45) is 0. The van der Waals surface area contributed by atoms with Crippen LogP contribution in [0.4, 0.5) is 0 Å². The molecular weight excluding hydrogens is 264 g/mol. The number of aryl methyl sites for hydroxylation is 1. The Labute approximate surface area is 116 Å². The van der Waals surface area contributed by atoms with Crippen molar-refractivity contribution in [1.29, 1.82) is 0 Å². The van der Waals surface area contributed by atoms with Gasteiger partial charge in [-0.05, 0) is 12.1 Å². The van der Waals surface area contributed by atoms with Gasteiger partial charge in [-0.1, -0.05) is 5.16 Å². The highest BCUT2D eigenvalue weighted by atomic mass is 16.6.